The molecule has 6 nitrogen and oxygen atoms in total. The molecule has 0 aliphatic carbocycles. The van der Waals surface area contributed by atoms with E-state index in [0.717, 1.165) is 6.42 Å². The minimum Gasteiger partial charge on any atom is -0.465 e. The summed E-state index contributed by atoms with van der Waals surface area (Å²) in [5.41, 5.74) is 1.97. The van der Waals surface area contributed by atoms with Gasteiger partial charge in [0.05, 0.1) is 6.54 Å². The Hall–Kier alpha value is -2.24. The summed E-state index contributed by atoms with van der Waals surface area (Å²) in [6.07, 6.45) is 10.2. The van der Waals surface area contributed by atoms with Crippen LogP contribution >= 0.6 is 0 Å². The van der Waals surface area contributed by atoms with E-state index in [0.29, 0.717) is 18.7 Å². The number of hydrogen-bond acceptors (Lipinski definition) is 3. The van der Waals surface area contributed by atoms with Crippen molar-refractivity contribution in [2.75, 3.05) is 18.4 Å². The van der Waals surface area contributed by atoms with Gasteiger partial charge in [0.15, 0.2) is 0 Å². The summed E-state index contributed by atoms with van der Waals surface area (Å²) >= 11 is 0. The SMILES string of the molecule is CCCCCCCCCCc1ccc(NC(=O)O[C@@H]2CCN(C(=O)O)C2)cc1. The van der Waals surface area contributed by atoms with Gasteiger partial charge in [-0.05, 0) is 30.5 Å². The standard InChI is InChI=1S/C22H34N2O4/c1-2-3-4-5-6-7-8-9-10-18-11-13-19(14-12-18)23-21(25)28-20-15-16-24(17-20)22(26)27/h11-14,20H,2-10,15-17H2,1H3,(H,23,25)(H,26,27)/t20-/m1/s1. The van der Waals surface area contributed by atoms with Gasteiger partial charge in [0.1, 0.15) is 6.10 Å². The van der Waals surface area contributed by atoms with E-state index < -0.39 is 12.2 Å². The van der Waals surface area contributed by atoms with Crippen molar-refractivity contribution in [3.63, 3.8) is 0 Å². The zero-order valence-corrected chi connectivity index (χ0v) is 17.0. The summed E-state index contributed by atoms with van der Waals surface area (Å²) in [7, 11) is 0. The molecule has 1 atom stereocenters. The van der Waals surface area contributed by atoms with Crippen molar-refractivity contribution >= 4 is 17.9 Å². The molecule has 0 aromatic heterocycles. The van der Waals surface area contributed by atoms with Crippen LogP contribution in [0.4, 0.5) is 15.3 Å². The van der Waals surface area contributed by atoms with Crippen LogP contribution in [0.2, 0.25) is 0 Å². The second-order valence-electron chi connectivity index (χ2n) is 7.59. The van der Waals surface area contributed by atoms with Crippen LogP contribution in [-0.4, -0.2) is 41.4 Å². The van der Waals surface area contributed by atoms with Gasteiger partial charge in [0.25, 0.3) is 0 Å². The minimum absolute atomic E-state index is 0.236. The fourth-order valence-electron chi connectivity index (χ4n) is 3.51. The van der Waals surface area contributed by atoms with Gasteiger partial charge in [-0.3, -0.25) is 5.32 Å². The fraction of sp³-hybridized carbons (Fsp3) is 0.636. The van der Waals surface area contributed by atoms with E-state index in [1.54, 1.807) is 0 Å². The molecule has 0 bridgehead atoms. The van der Waals surface area contributed by atoms with Gasteiger partial charge in [-0.2, -0.15) is 0 Å². The topological polar surface area (TPSA) is 78.9 Å². The van der Waals surface area contributed by atoms with Crippen molar-refractivity contribution in [2.45, 2.75) is 77.2 Å². The molecule has 28 heavy (non-hydrogen) atoms. The van der Waals surface area contributed by atoms with Crippen LogP contribution in [0.3, 0.4) is 0 Å². The molecule has 1 aromatic carbocycles. The number of benzene rings is 1. The van der Waals surface area contributed by atoms with Crippen LogP contribution < -0.4 is 5.32 Å². The number of hydrogen-bond donors (Lipinski definition) is 2. The van der Waals surface area contributed by atoms with Gasteiger partial charge in [-0.1, -0.05) is 64.0 Å². The number of rotatable bonds is 11. The Bertz CT molecular complexity index is 603. The molecule has 0 radical (unpaired) electrons. The Morgan fingerprint density at radius 3 is 2.32 bits per heavy atom. The molecule has 0 unspecified atom stereocenters. The van der Waals surface area contributed by atoms with E-state index in [2.05, 4.69) is 12.2 Å². The highest BCUT2D eigenvalue weighted by molar-refractivity contribution is 5.84. The number of likely N-dealkylation sites (tertiary alicyclic amines) is 1. The number of unbranched alkanes of at least 4 members (excludes halogenated alkanes) is 7. The lowest BCUT2D eigenvalue weighted by Gasteiger charge is -2.14. The number of nitrogens with zero attached hydrogens (tertiary/aromatic N) is 1. The third-order valence-corrected chi connectivity index (χ3v) is 5.21. The van der Waals surface area contributed by atoms with Crippen molar-refractivity contribution in [2.24, 2.45) is 0 Å². The molecule has 1 fully saturated rings. The van der Waals surface area contributed by atoms with Crippen LogP contribution in [0.25, 0.3) is 0 Å². The lowest BCUT2D eigenvalue weighted by atomic mass is 10.0. The van der Waals surface area contributed by atoms with E-state index in [9.17, 15) is 9.59 Å². The van der Waals surface area contributed by atoms with Crippen molar-refractivity contribution in [3.8, 4) is 0 Å². The number of nitrogens with one attached hydrogen (secondary N) is 1. The molecule has 1 saturated heterocycles. The molecule has 2 N–H and O–H groups in total. The molecule has 6 heteroatoms. The predicted molar refractivity (Wildman–Crippen MR) is 111 cm³/mol. The number of aryl methyl sites for hydroxylation is 1. The molecule has 0 saturated carbocycles. The number of anilines is 1. The Morgan fingerprint density at radius 2 is 1.71 bits per heavy atom. The Kier molecular flexibility index (Phi) is 9.66. The van der Waals surface area contributed by atoms with Gasteiger partial charge >= 0.3 is 12.2 Å². The number of ether oxygens (including phenoxy) is 1. The Balaban J connectivity index is 1.60. The van der Waals surface area contributed by atoms with E-state index >= 15 is 0 Å². The summed E-state index contributed by atoms with van der Waals surface area (Å²) in [5, 5.41) is 11.6. The molecular formula is C22H34N2O4. The minimum atomic E-state index is -0.974. The van der Waals surface area contributed by atoms with Gasteiger partial charge in [0.2, 0.25) is 0 Å². The first kappa shape index (κ1) is 22.1. The van der Waals surface area contributed by atoms with Gasteiger partial charge in [-0.15, -0.1) is 0 Å². The molecule has 2 amide bonds. The quantitative estimate of drug-likeness (QED) is 0.477. The van der Waals surface area contributed by atoms with E-state index in [1.165, 1.54) is 61.8 Å². The summed E-state index contributed by atoms with van der Waals surface area (Å²) in [5.74, 6) is 0. The molecule has 1 aliphatic rings. The zero-order chi connectivity index (χ0) is 20.2. The van der Waals surface area contributed by atoms with Crippen LogP contribution in [0.5, 0.6) is 0 Å². The van der Waals surface area contributed by atoms with Crippen LogP contribution in [0, 0.1) is 0 Å². The Morgan fingerprint density at radius 1 is 1.07 bits per heavy atom. The molecule has 156 valence electrons. The first-order chi connectivity index (χ1) is 13.6. The van der Waals surface area contributed by atoms with Gasteiger partial charge in [-0.25, -0.2) is 9.59 Å². The summed E-state index contributed by atoms with van der Waals surface area (Å²) in [4.78, 5) is 24.1. The number of carbonyl (C=O) groups is 2. The maximum absolute atomic E-state index is 12.0. The van der Waals surface area contributed by atoms with Crippen molar-refractivity contribution in [1.29, 1.82) is 0 Å². The Labute approximate surface area is 168 Å². The summed E-state index contributed by atoms with van der Waals surface area (Å²) in [6.45, 7) is 2.88. The smallest absolute Gasteiger partial charge is 0.411 e. The molecule has 1 aliphatic heterocycles. The number of amides is 2. The van der Waals surface area contributed by atoms with Crippen LogP contribution in [-0.2, 0) is 11.2 Å². The predicted octanol–water partition coefficient (Wildman–Crippen LogP) is 5.67. The molecule has 1 aromatic rings. The molecular weight excluding hydrogens is 356 g/mol. The fourth-order valence-corrected chi connectivity index (χ4v) is 3.51. The second-order valence-corrected chi connectivity index (χ2v) is 7.59. The van der Waals surface area contributed by atoms with Crippen molar-refractivity contribution < 1.29 is 19.4 Å². The van der Waals surface area contributed by atoms with E-state index in [1.807, 2.05) is 24.3 Å². The molecule has 0 spiro atoms. The lowest BCUT2D eigenvalue weighted by molar-refractivity contribution is 0.109. The first-order valence-corrected chi connectivity index (χ1v) is 10.6. The van der Waals surface area contributed by atoms with Crippen LogP contribution in [0.15, 0.2) is 24.3 Å². The first-order valence-electron chi connectivity index (χ1n) is 10.6. The highest BCUT2D eigenvalue weighted by Gasteiger charge is 2.28. The maximum atomic E-state index is 12.0. The summed E-state index contributed by atoms with van der Waals surface area (Å²) < 4.78 is 5.30. The average Bonchev–Trinajstić information content (AvgIpc) is 3.14. The van der Waals surface area contributed by atoms with E-state index in [-0.39, 0.29) is 12.6 Å². The van der Waals surface area contributed by atoms with Gasteiger partial charge < -0.3 is 14.7 Å². The second kappa shape index (κ2) is 12.3. The number of carboxylic acid groups (broad SMARTS) is 1. The normalized spacial score (nSPS) is 16.2. The largest absolute Gasteiger partial charge is 0.465 e. The molecule has 2 rings (SSSR count). The lowest BCUT2D eigenvalue weighted by Crippen LogP contribution is -2.30. The van der Waals surface area contributed by atoms with Crippen molar-refractivity contribution in [1.82, 2.24) is 4.90 Å². The van der Waals surface area contributed by atoms with Gasteiger partial charge in [0, 0.05) is 18.7 Å². The third-order valence-electron chi connectivity index (χ3n) is 5.21. The summed E-state index contributed by atoms with van der Waals surface area (Å²) in [6, 6.07) is 7.86. The highest BCUT2D eigenvalue weighted by Crippen LogP contribution is 2.16. The zero-order valence-electron chi connectivity index (χ0n) is 17.0. The maximum Gasteiger partial charge on any atom is 0.411 e. The van der Waals surface area contributed by atoms with E-state index in [4.69, 9.17) is 9.84 Å². The number of carbonyl (C=O) groups excluding carboxylic acids is 1. The molecule has 1 heterocycles. The van der Waals surface area contributed by atoms with Crippen LogP contribution in [0.1, 0.15) is 70.3 Å². The third kappa shape index (κ3) is 8.19. The monoisotopic (exact) mass is 390 g/mol. The van der Waals surface area contributed by atoms with Crippen molar-refractivity contribution in [3.05, 3.63) is 29.8 Å². The average molecular weight is 391 g/mol. The highest BCUT2D eigenvalue weighted by atomic mass is 16.6.